The Morgan fingerprint density at radius 3 is 2.78 bits per heavy atom. The second kappa shape index (κ2) is 4.41. The first-order valence-corrected chi connectivity index (χ1v) is 5.59. The molecule has 0 saturated heterocycles. The van der Waals surface area contributed by atoms with E-state index < -0.39 is 0 Å². The van der Waals surface area contributed by atoms with Crippen LogP contribution in [0.15, 0.2) is 24.3 Å². The average molecular weight is 417 g/mol. The van der Waals surface area contributed by atoms with Crippen LogP contribution in [0.5, 0.6) is 0 Å². The summed E-state index contributed by atoms with van der Waals surface area (Å²) in [5.74, 6) is 0. The summed E-state index contributed by atoms with van der Waals surface area (Å²) < 4.78 is 1.80. The zero-order valence-corrected chi connectivity index (χ0v) is 12.8. The molecule has 0 amide bonds. The van der Waals surface area contributed by atoms with Gasteiger partial charge in [0.15, 0.2) is 0 Å². The first kappa shape index (κ1) is 13.1. The number of benzene rings is 1. The fourth-order valence-electron chi connectivity index (χ4n) is 2.01. The third-order valence-electron chi connectivity index (χ3n) is 2.87. The Balaban J connectivity index is 0.00000120. The van der Waals surface area contributed by atoms with Gasteiger partial charge in [0.2, 0.25) is 0 Å². The standard InChI is InChI=1S/C13H13N4.Ir/c1-13(2,3)11-8-9-6-4-5-7-10(9)12-14-15-16-17(11)12;/h4-6,8H,1-3H3;/q-1;. The molecule has 0 N–H and O–H groups in total. The van der Waals surface area contributed by atoms with Gasteiger partial charge in [-0.1, -0.05) is 32.2 Å². The quantitative estimate of drug-likeness (QED) is 0.528. The van der Waals surface area contributed by atoms with Gasteiger partial charge in [-0.3, -0.25) is 0 Å². The molecule has 0 unspecified atom stereocenters. The second-order valence-electron chi connectivity index (χ2n) is 5.19. The second-order valence-corrected chi connectivity index (χ2v) is 5.19. The zero-order valence-electron chi connectivity index (χ0n) is 10.4. The summed E-state index contributed by atoms with van der Waals surface area (Å²) in [6, 6.07) is 11.3. The van der Waals surface area contributed by atoms with Crippen molar-refractivity contribution >= 4 is 16.4 Å². The Morgan fingerprint density at radius 2 is 2.06 bits per heavy atom. The van der Waals surface area contributed by atoms with Gasteiger partial charge in [-0.25, -0.2) is 4.52 Å². The van der Waals surface area contributed by atoms with Crippen LogP contribution < -0.4 is 0 Å². The fourth-order valence-corrected chi connectivity index (χ4v) is 2.01. The van der Waals surface area contributed by atoms with Crippen LogP contribution >= 0.6 is 0 Å². The molecule has 3 aromatic rings. The molecule has 0 aliphatic rings. The molecule has 0 bridgehead atoms. The number of pyridine rings is 1. The van der Waals surface area contributed by atoms with Gasteiger partial charge in [0.25, 0.3) is 0 Å². The summed E-state index contributed by atoms with van der Waals surface area (Å²) in [6.45, 7) is 6.46. The van der Waals surface area contributed by atoms with E-state index in [-0.39, 0.29) is 25.5 Å². The van der Waals surface area contributed by atoms with Crippen molar-refractivity contribution in [3.63, 3.8) is 0 Å². The Bertz CT molecular complexity index is 697. The van der Waals surface area contributed by atoms with E-state index in [4.69, 9.17) is 0 Å². The predicted octanol–water partition coefficient (Wildman–Crippen LogP) is 2.37. The molecule has 0 aliphatic carbocycles. The van der Waals surface area contributed by atoms with Gasteiger partial charge >= 0.3 is 0 Å². The van der Waals surface area contributed by atoms with E-state index in [1.54, 1.807) is 4.52 Å². The van der Waals surface area contributed by atoms with Gasteiger partial charge < -0.3 is 0 Å². The number of fused-ring (bicyclic) bond motifs is 3. The maximum atomic E-state index is 4.09. The van der Waals surface area contributed by atoms with Crippen LogP contribution in [0.4, 0.5) is 0 Å². The number of nitrogens with zero attached hydrogens (tertiary/aromatic N) is 4. The zero-order chi connectivity index (χ0) is 12.0. The maximum Gasteiger partial charge on any atom is 0.104 e. The molecular weight excluding hydrogens is 404 g/mol. The van der Waals surface area contributed by atoms with E-state index >= 15 is 0 Å². The molecule has 2 heterocycles. The summed E-state index contributed by atoms with van der Waals surface area (Å²) in [6.07, 6.45) is 0. The van der Waals surface area contributed by atoms with Crippen molar-refractivity contribution in [2.75, 3.05) is 0 Å². The van der Waals surface area contributed by atoms with Crippen molar-refractivity contribution in [2.24, 2.45) is 0 Å². The van der Waals surface area contributed by atoms with Crippen LogP contribution in [0, 0.1) is 6.07 Å². The average Bonchev–Trinajstić information content (AvgIpc) is 2.75. The maximum absolute atomic E-state index is 4.09. The molecule has 5 heteroatoms. The summed E-state index contributed by atoms with van der Waals surface area (Å²) in [5.41, 5.74) is 1.87. The van der Waals surface area contributed by atoms with Crippen LogP contribution in [0.2, 0.25) is 0 Å². The minimum atomic E-state index is -0.00232. The molecule has 3 rings (SSSR count). The molecule has 4 nitrogen and oxygen atoms in total. The van der Waals surface area contributed by atoms with E-state index in [9.17, 15) is 0 Å². The molecule has 0 saturated carbocycles. The Morgan fingerprint density at radius 1 is 1.28 bits per heavy atom. The van der Waals surface area contributed by atoms with Gasteiger partial charge in [0, 0.05) is 31.2 Å². The van der Waals surface area contributed by atoms with E-state index in [1.165, 1.54) is 0 Å². The summed E-state index contributed by atoms with van der Waals surface area (Å²) in [7, 11) is 0. The number of rotatable bonds is 0. The largest absolute Gasteiger partial charge is 0.238 e. The van der Waals surface area contributed by atoms with Crippen LogP contribution in [0.25, 0.3) is 16.4 Å². The summed E-state index contributed by atoms with van der Waals surface area (Å²) >= 11 is 0. The van der Waals surface area contributed by atoms with Crippen LogP contribution in [0.1, 0.15) is 26.5 Å². The molecule has 2 aromatic heterocycles. The van der Waals surface area contributed by atoms with E-state index in [0.29, 0.717) is 0 Å². The van der Waals surface area contributed by atoms with Crippen molar-refractivity contribution < 1.29 is 20.1 Å². The van der Waals surface area contributed by atoms with E-state index in [0.717, 1.165) is 22.1 Å². The van der Waals surface area contributed by atoms with Crippen molar-refractivity contribution in [1.29, 1.82) is 0 Å². The van der Waals surface area contributed by atoms with Crippen molar-refractivity contribution in [1.82, 2.24) is 20.0 Å². The summed E-state index contributed by atoms with van der Waals surface area (Å²) in [5, 5.41) is 14.0. The van der Waals surface area contributed by atoms with Crippen molar-refractivity contribution in [3.8, 4) is 0 Å². The Kier molecular flexibility index (Phi) is 3.21. The third-order valence-corrected chi connectivity index (χ3v) is 2.87. The van der Waals surface area contributed by atoms with Gasteiger partial charge in [0.05, 0.1) is 0 Å². The molecule has 0 fully saturated rings. The smallest absolute Gasteiger partial charge is 0.104 e. The van der Waals surface area contributed by atoms with Crippen LogP contribution in [-0.4, -0.2) is 20.0 Å². The van der Waals surface area contributed by atoms with Crippen molar-refractivity contribution in [2.45, 2.75) is 26.2 Å². The summed E-state index contributed by atoms with van der Waals surface area (Å²) in [4.78, 5) is 0. The van der Waals surface area contributed by atoms with Gasteiger partial charge in [-0.15, -0.1) is 29.7 Å². The minimum absolute atomic E-state index is 0. The molecular formula is C13H13IrN4-. The first-order valence-electron chi connectivity index (χ1n) is 5.59. The molecule has 0 atom stereocenters. The first-order chi connectivity index (χ1) is 8.07. The molecule has 1 radical (unpaired) electrons. The topological polar surface area (TPSA) is 43.1 Å². The van der Waals surface area contributed by atoms with Gasteiger partial charge in [0.1, 0.15) is 5.65 Å². The van der Waals surface area contributed by atoms with Gasteiger partial charge in [-0.2, -0.15) is 5.10 Å². The molecule has 0 spiro atoms. The molecule has 18 heavy (non-hydrogen) atoms. The number of hydrogen-bond acceptors (Lipinski definition) is 3. The molecule has 95 valence electrons. The number of tetrazole rings is 1. The minimum Gasteiger partial charge on any atom is -0.238 e. The third kappa shape index (κ3) is 1.93. The predicted molar refractivity (Wildman–Crippen MR) is 65.8 cm³/mol. The van der Waals surface area contributed by atoms with Crippen LogP contribution in [0.3, 0.4) is 0 Å². The normalized spacial score (nSPS) is 11.7. The van der Waals surface area contributed by atoms with Gasteiger partial charge in [-0.05, 0) is 10.4 Å². The SMILES string of the molecule is CC(C)(C)c1cc2ccc[c-]c2c2nnnn12.[Ir]. The van der Waals surface area contributed by atoms with E-state index in [2.05, 4.69) is 54.5 Å². The molecule has 1 aromatic carbocycles. The fraction of sp³-hybridized carbons (Fsp3) is 0.308. The molecule has 0 aliphatic heterocycles. The number of hydrogen-bond donors (Lipinski definition) is 0. The van der Waals surface area contributed by atoms with Crippen molar-refractivity contribution in [3.05, 3.63) is 36.0 Å². The number of aromatic nitrogens is 4. The van der Waals surface area contributed by atoms with Crippen LogP contribution in [-0.2, 0) is 25.5 Å². The Labute approximate surface area is 119 Å². The monoisotopic (exact) mass is 418 g/mol. The Hall–Kier alpha value is -1.32. The van der Waals surface area contributed by atoms with E-state index in [1.807, 2.05) is 12.1 Å².